The number of ether oxygens (including phenoxy) is 1. The Morgan fingerprint density at radius 3 is 2.79 bits per heavy atom. The summed E-state index contributed by atoms with van der Waals surface area (Å²) in [6.07, 6.45) is 1.07. The summed E-state index contributed by atoms with van der Waals surface area (Å²) in [6.45, 7) is 9.72. The second-order valence-corrected chi connectivity index (χ2v) is 8.26. The highest BCUT2D eigenvalue weighted by Gasteiger charge is 2.15. The van der Waals surface area contributed by atoms with Crippen LogP contribution in [0.2, 0.25) is 0 Å². The van der Waals surface area contributed by atoms with E-state index in [2.05, 4.69) is 40.9 Å². The largest absolute Gasteiger partial charge is 0.485 e. The Balaban J connectivity index is 1.60. The molecule has 3 aromatic rings. The molecule has 3 rings (SSSR count). The van der Waals surface area contributed by atoms with Gasteiger partial charge in [-0.3, -0.25) is 9.48 Å². The van der Waals surface area contributed by atoms with Gasteiger partial charge in [0, 0.05) is 24.0 Å². The number of amides is 1. The smallest absolute Gasteiger partial charge is 0.224 e. The molecule has 1 amide bonds. The molecule has 2 aromatic heterocycles. The van der Waals surface area contributed by atoms with Crippen LogP contribution in [-0.4, -0.2) is 20.7 Å². The lowest BCUT2D eigenvalue weighted by atomic mass is 10.1. The Morgan fingerprint density at radius 2 is 2.07 bits per heavy atom. The van der Waals surface area contributed by atoms with Gasteiger partial charge in [0.15, 0.2) is 0 Å². The first-order chi connectivity index (χ1) is 13.9. The zero-order valence-electron chi connectivity index (χ0n) is 17.4. The second kappa shape index (κ2) is 9.69. The lowest BCUT2D eigenvalue weighted by Gasteiger charge is -2.12. The molecule has 1 N–H and O–H groups in total. The summed E-state index contributed by atoms with van der Waals surface area (Å²) in [5.41, 5.74) is 6.64. The number of hydrogen-bond acceptors (Lipinski definition) is 5. The molecular formula is C22H28N4O2S. The van der Waals surface area contributed by atoms with Crippen molar-refractivity contribution in [3.63, 3.8) is 0 Å². The Bertz CT molecular complexity index is 948. The summed E-state index contributed by atoms with van der Waals surface area (Å²) in [5, 5.41) is 9.56. The summed E-state index contributed by atoms with van der Waals surface area (Å²) in [7, 11) is 0. The van der Waals surface area contributed by atoms with Crippen molar-refractivity contribution in [1.29, 1.82) is 0 Å². The van der Waals surface area contributed by atoms with E-state index >= 15 is 0 Å². The Kier molecular flexibility index (Phi) is 7.04. The highest BCUT2D eigenvalue weighted by Crippen LogP contribution is 2.25. The maximum atomic E-state index is 12.6. The highest BCUT2D eigenvalue weighted by molar-refractivity contribution is 7.07. The molecule has 2 heterocycles. The van der Waals surface area contributed by atoms with Crippen LogP contribution in [0.1, 0.15) is 42.9 Å². The number of thiazole rings is 1. The summed E-state index contributed by atoms with van der Waals surface area (Å²) in [6, 6.07) is 7.48. The molecule has 0 aliphatic rings. The van der Waals surface area contributed by atoms with Crippen molar-refractivity contribution in [3.05, 3.63) is 57.8 Å². The number of carbonyl (C=O) groups excluding carboxylic acids is 1. The van der Waals surface area contributed by atoms with Crippen molar-refractivity contribution in [1.82, 2.24) is 14.8 Å². The quantitative estimate of drug-likeness (QED) is 0.550. The van der Waals surface area contributed by atoms with Crippen molar-refractivity contribution in [2.45, 2.75) is 53.7 Å². The molecule has 29 heavy (non-hydrogen) atoms. The Morgan fingerprint density at radius 1 is 1.28 bits per heavy atom. The van der Waals surface area contributed by atoms with Crippen LogP contribution in [0.25, 0.3) is 0 Å². The molecule has 1 aromatic carbocycles. The van der Waals surface area contributed by atoms with E-state index in [1.807, 2.05) is 36.6 Å². The number of nitrogens with one attached hydrogen (secondary N) is 1. The summed E-state index contributed by atoms with van der Waals surface area (Å²) in [4.78, 5) is 16.8. The fourth-order valence-corrected chi connectivity index (χ4v) is 3.77. The lowest BCUT2D eigenvalue weighted by molar-refractivity contribution is -0.116. The number of anilines is 1. The van der Waals surface area contributed by atoms with Gasteiger partial charge in [-0.2, -0.15) is 5.10 Å². The molecular weight excluding hydrogens is 384 g/mol. The molecule has 7 heteroatoms. The summed E-state index contributed by atoms with van der Waals surface area (Å²) in [5.74, 6) is 1.14. The number of hydrogen-bond donors (Lipinski definition) is 1. The predicted octanol–water partition coefficient (Wildman–Crippen LogP) is 4.76. The second-order valence-electron chi connectivity index (χ2n) is 7.54. The average Bonchev–Trinajstić information content (AvgIpc) is 3.28. The summed E-state index contributed by atoms with van der Waals surface area (Å²) >= 11 is 1.53. The van der Waals surface area contributed by atoms with Gasteiger partial charge < -0.3 is 10.1 Å². The van der Waals surface area contributed by atoms with Crippen molar-refractivity contribution >= 4 is 22.9 Å². The summed E-state index contributed by atoms with van der Waals surface area (Å²) < 4.78 is 7.89. The third kappa shape index (κ3) is 5.67. The molecule has 0 aliphatic carbocycles. The number of nitrogens with zero attached hydrogens (tertiary/aromatic N) is 3. The minimum absolute atomic E-state index is 0.0369. The number of aromatic nitrogens is 3. The Hall–Kier alpha value is -2.67. The number of rotatable bonds is 9. The van der Waals surface area contributed by atoms with Crippen molar-refractivity contribution < 1.29 is 9.53 Å². The topological polar surface area (TPSA) is 69.0 Å². The van der Waals surface area contributed by atoms with Crippen LogP contribution in [-0.2, 0) is 24.4 Å². The molecule has 0 fully saturated rings. The molecule has 0 atom stereocenters. The average molecular weight is 413 g/mol. The zero-order valence-corrected chi connectivity index (χ0v) is 18.3. The number of aryl methyl sites for hydroxylation is 1. The van der Waals surface area contributed by atoms with E-state index in [1.165, 1.54) is 11.3 Å². The van der Waals surface area contributed by atoms with Gasteiger partial charge in [-0.05, 0) is 43.9 Å². The van der Waals surface area contributed by atoms with Crippen molar-refractivity contribution in [2.24, 2.45) is 5.92 Å². The van der Waals surface area contributed by atoms with Gasteiger partial charge in [0.1, 0.15) is 12.4 Å². The molecule has 0 aliphatic heterocycles. The molecule has 0 saturated carbocycles. The normalized spacial score (nSPS) is 11.1. The SMILES string of the molecule is Cc1nn(CC(C)C)c(C)c1CCC(=O)Nc1ccccc1OCc1cscn1. The third-order valence-corrected chi connectivity index (χ3v) is 5.33. The van der Waals surface area contributed by atoms with Gasteiger partial charge in [-0.25, -0.2) is 4.98 Å². The maximum absolute atomic E-state index is 12.6. The molecule has 6 nitrogen and oxygen atoms in total. The molecule has 154 valence electrons. The number of benzene rings is 1. The standard InChI is InChI=1S/C22H28N4O2S/c1-15(2)11-26-17(4)19(16(3)25-26)9-10-22(27)24-20-7-5-6-8-21(20)28-12-18-13-29-14-23-18/h5-8,13-15H,9-12H2,1-4H3,(H,24,27). The van der Waals surface area contributed by atoms with Crippen LogP contribution in [0.3, 0.4) is 0 Å². The molecule has 0 bridgehead atoms. The van der Waals surface area contributed by atoms with Crippen LogP contribution in [0.4, 0.5) is 5.69 Å². The third-order valence-electron chi connectivity index (χ3n) is 4.69. The van der Waals surface area contributed by atoms with Gasteiger partial charge in [0.25, 0.3) is 0 Å². The van der Waals surface area contributed by atoms with Gasteiger partial charge in [-0.1, -0.05) is 26.0 Å². The fraction of sp³-hybridized carbons (Fsp3) is 0.409. The van der Waals surface area contributed by atoms with E-state index < -0.39 is 0 Å². The fourth-order valence-electron chi connectivity index (χ4n) is 3.23. The van der Waals surface area contributed by atoms with E-state index in [1.54, 1.807) is 5.51 Å². The zero-order chi connectivity index (χ0) is 20.8. The first kappa shape index (κ1) is 21.0. The van der Waals surface area contributed by atoms with Crippen LogP contribution in [0.5, 0.6) is 5.75 Å². The number of carbonyl (C=O) groups is 1. The van der Waals surface area contributed by atoms with Crippen LogP contribution >= 0.6 is 11.3 Å². The van der Waals surface area contributed by atoms with E-state index in [0.717, 1.165) is 29.2 Å². The first-order valence-electron chi connectivity index (χ1n) is 9.85. The first-order valence-corrected chi connectivity index (χ1v) is 10.8. The highest BCUT2D eigenvalue weighted by atomic mass is 32.1. The lowest BCUT2D eigenvalue weighted by Crippen LogP contribution is -2.14. The van der Waals surface area contributed by atoms with E-state index in [-0.39, 0.29) is 5.91 Å². The van der Waals surface area contributed by atoms with Crippen molar-refractivity contribution in [2.75, 3.05) is 5.32 Å². The van der Waals surface area contributed by atoms with Crippen molar-refractivity contribution in [3.8, 4) is 5.75 Å². The van der Waals surface area contributed by atoms with E-state index in [4.69, 9.17) is 4.74 Å². The van der Waals surface area contributed by atoms with Crippen LogP contribution in [0, 0.1) is 19.8 Å². The van der Waals surface area contributed by atoms with Gasteiger partial charge in [-0.15, -0.1) is 11.3 Å². The van der Waals surface area contributed by atoms with Gasteiger partial charge in [0.05, 0.1) is 22.6 Å². The van der Waals surface area contributed by atoms with Crippen LogP contribution < -0.4 is 10.1 Å². The Labute approximate surface area is 175 Å². The van der Waals surface area contributed by atoms with Gasteiger partial charge in [0.2, 0.25) is 5.91 Å². The van der Waals surface area contributed by atoms with E-state index in [0.29, 0.717) is 36.8 Å². The molecule has 0 unspecified atom stereocenters. The minimum Gasteiger partial charge on any atom is -0.485 e. The molecule has 0 radical (unpaired) electrons. The minimum atomic E-state index is -0.0369. The van der Waals surface area contributed by atoms with Crippen LogP contribution in [0.15, 0.2) is 35.2 Å². The maximum Gasteiger partial charge on any atom is 0.224 e. The number of para-hydroxylation sites is 2. The van der Waals surface area contributed by atoms with Gasteiger partial charge >= 0.3 is 0 Å². The van der Waals surface area contributed by atoms with E-state index in [9.17, 15) is 4.79 Å². The monoisotopic (exact) mass is 412 g/mol. The molecule has 0 spiro atoms. The predicted molar refractivity (Wildman–Crippen MR) is 116 cm³/mol. The molecule has 0 saturated heterocycles.